The summed E-state index contributed by atoms with van der Waals surface area (Å²) in [5.41, 5.74) is 1.70. The highest BCUT2D eigenvalue weighted by Crippen LogP contribution is 2.32. The van der Waals surface area contributed by atoms with Crippen molar-refractivity contribution in [2.75, 3.05) is 10.6 Å². The first-order chi connectivity index (χ1) is 15.8. The summed E-state index contributed by atoms with van der Waals surface area (Å²) in [6, 6.07) is 12.9. The zero-order chi connectivity index (χ0) is 23.5. The second-order valence-electron chi connectivity index (χ2n) is 7.32. The van der Waals surface area contributed by atoms with Gasteiger partial charge in [0.2, 0.25) is 5.91 Å². The first kappa shape index (κ1) is 21.8. The molecule has 2 heterocycles. The Bertz CT molecular complexity index is 1270. The molecular formula is C24H18F2N4O3. The van der Waals surface area contributed by atoms with Gasteiger partial charge in [-0.05, 0) is 41.5 Å². The maximum absolute atomic E-state index is 13.7. The van der Waals surface area contributed by atoms with Crippen molar-refractivity contribution in [3.8, 4) is 0 Å². The molecule has 9 heteroatoms. The fraction of sp³-hybridized carbons (Fsp3) is 0.0833. The summed E-state index contributed by atoms with van der Waals surface area (Å²) in [5.74, 6) is -3.55. The lowest BCUT2D eigenvalue weighted by Crippen LogP contribution is -2.32. The van der Waals surface area contributed by atoms with Crippen LogP contribution in [0.2, 0.25) is 0 Å². The lowest BCUT2D eigenvalue weighted by atomic mass is 10.0. The molecule has 0 bridgehead atoms. The number of nitrogens with one attached hydrogen (secondary N) is 2. The van der Waals surface area contributed by atoms with E-state index in [1.807, 2.05) is 0 Å². The number of carbonyl (C=O) groups excluding carboxylic acids is 3. The first-order valence-electron chi connectivity index (χ1n) is 9.93. The quantitative estimate of drug-likeness (QED) is 0.561. The van der Waals surface area contributed by atoms with E-state index in [4.69, 9.17) is 0 Å². The molecule has 1 aliphatic rings. The Balaban J connectivity index is 1.73. The van der Waals surface area contributed by atoms with Crippen molar-refractivity contribution in [3.05, 3.63) is 95.4 Å². The summed E-state index contributed by atoms with van der Waals surface area (Å²) in [6.45, 7) is 1.36. The molecule has 0 radical (unpaired) electrons. The van der Waals surface area contributed by atoms with Crippen molar-refractivity contribution in [1.29, 1.82) is 0 Å². The minimum Gasteiger partial charge on any atom is -0.350 e. The Morgan fingerprint density at radius 1 is 0.970 bits per heavy atom. The molecule has 3 aromatic rings. The molecule has 1 aliphatic heterocycles. The molecule has 0 fully saturated rings. The van der Waals surface area contributed by atoms with Crippen molar-refractivity contribution in [2.24, 2.45) is 0 Å². The number of hydrogen-bond acceptors (Lipinski definition) is 5. The highest BCUT2D eigenvalue weighted by Gasteiger charge is 2.39. The van der Waals surface area contributed by atoms with Gasteiger partial charge in [-0.3, -0.25) is 24.3 Å². The van der Waals surface area contributed by atoms with Crippen LogP contribution >= 0.6 is 0 Å². The van der Waals surface area contributed by atoms with Gasteiger partial charge in [-0.1, -0.05) is 18.2 Å². The Hall–Kier alpha value is -4.40. The van der Waals surface area contributed by atoms with Gasteiger partial charge in [0.25, 0.3) is 11.8 Å². The van der Waals surface area contributed by atoms with Crippen LogP contribution in [0.3, 0.4) is 0 Å². The van der Waals surface area contributed by atoms with Crippen molar-refractivity contribution < 1.29 is 23.2 Å². The predicted octanol–water partition coefficient (Wildman–Crippen LogP) is 3.71. The molecule has 0 unspecified atom stereocenters. The molecule has 0 atom stereocenters. The molecule has 7 nitrogen and oxygen atoms in total. The average Bonchev–Trinajstić information content (AvgIpc) is 3.01. The fourth-order valence-corrected chi connectivity index (χ4v) is 3.42. The Kier molecular flexibility index (Phi) is 5.95. The van der Waals surface area contributed by atoms with Crippen molar-refractivity contribution >= 4 is 34.7 Å². The topological polar surface area (TPSA) is 91.4 Å². The van der Waals surface area contributed by atoms with E-state index < -0.39 is 23.4 Å². The number of imide groups is 1. The van der Waals surface area contributed by atoms with E-state index in [0.717, 1.165) is 17.0 Å². The van der Waals surface area contributed by atoms with Crippen molar-refractivity contribution in [3.63, 3.8) is 0 Å². The van der Waals surface area contributed by atoms with Crippen LogP contribution in [0.15, 0.2) is 72.7 Å². The average molecular weight is 448 g/mol. The van der Waals surface area contributed by atoms with Gasteiger partial charge < -0.3 is 10.6 Å². The van der Waals surface area contributed by atoms with Crippen LogP contribution in [0.25, 0.3) is 5.57 Å². The molecule has 4 rings (SSSR count). The molecule has 0 aliphatic carbocycles. The van der Waals surface area contributed by atoms with Gasteiger partial charge in [0, 0.05) is 36.8 Å². The van der Waals surface area contributed by atoms with E-state index in [2.05, 4.69) is 15.6 Å². The number of hydrogen-bond donors (Lipinski definition) is 2. The van der Waals surface area contributed by atoms with E-state index in [-0.39, 0.29) is 29.4 Å². The molecule has 0 spiro atoms. The molecular weight excluding hydrogens is 430 g/mol. The number of benzene rings is 2. The first-order valence-corrected chi connectivity index (χ1v) is 9.93. The van der Waals surface area contributed by atoms with E-state index in [1.54, 1.807) is 48.8 Å². The highest BCUT2D eigenvalue weighted by molar-refractivity contribution is 6.36. The van der Waals surface area contributed by atoms with Gasteiger partial charge in [-0.2, -0.15) is 0 Å². The SMILES string of the molecule is CC(=O)Nc1ccc(C2=C(Nc3ccc(F)c(F)c3)C(=O)N(Cc3cccnc3)C2=O)cc1. The zero-order valence-corrected chi connectivity index (χ0v) is 17.4. The van der Waals surface area contributed by atoms with Crippen LogP contribution in [0.1, 0.15) is 18.1 Å². The third kappa shape index (κ3) is 4.62. The molecule has 0 saturated carbocycles. The summed E-state index contributed by atoms with van der Waals surface area (Å²) in [6.07, 6.45) is 3.12. The number of aromatic nitrogens is 1. The molecule has 1 aromatic heterocycles. The van der Waals surface area contributed by atoms with Gasteiger partial charge in [0.05, 0.1) is 12.1 Å². The Morgan fingerprint density at radius 2 is 1.70 bits per heavy atom. The summed E-state index contributed by atoms with van der Waals surface area (Å²) in [5, 5.41) is 5.41. The predicted molar refractivity (Wildman–Crippen MR) is 117 cm³/mol. The van der Waals surface area contributed by atoms with Gasteiger partial charge in [0.1, 0.15) is 5.70 Å². The number of rotatable bonds is 6. The van der Waals surface area contributed by atoms with Crippen LogP contribution < -0.4 is 10.6 Å². The summed E-state index contributed by atoms with van der Waals surface area (Å²) in [4.78, 5) is 42.8. The summed E-state index contributed by atoms with van der Waals surface area (Å²) < 4.78 is 27.1. The smallest absolute Gasteiger partial charge is 0.278 e. The second kappa shape index (κ2) is 8.99. The summed E-state index contributed by atoms with van der Waals surface area (Å²) in [7, 11) is 0. The van der Waals surface area contributed by atoms with E-state index in [0.29, 0.717) is 16.8 Å². The van der Waals surface area contributed by atoms with Crippen LogP contribution in [0.5, 0.6) is 0 Å². The monoisotopic (exact) mass is 448 g/mol. The maximum Gasteiger partial charge on any atom is 0.278 e. The normalized spacial score (nSPS) is 13.5. The van der Waals surface area contributed by atoms with E-state index in [1.165, 1.54) is 13.0 Å². The molecule has 0 saturated heterocycles. The largest absolute Gasteiger partial charge is 0.350 e. The van der Waals surface area contributed by atoms with Crippen molar-refractivity contribution in [1.82, 2.24) is 9.88 Å². The molecule has 3 amide bonds. The van der Waals surface area contributed by atoms with E-state index in [9.17, 15) is 23.2 Å². The van der Waals surface area contributed by atoms with Crippen LogP contribution in [-0.4, -0.2) is 27.6 Å². The van der Waals surface area contributed by atoms with Gasteiger partial charge in [-0.25, -0.2) is 8.78 Å². The van der Waals surface area contributed by atoms with Gasteiger partial charge in [-0.15, -0.1) is 0 Å². The minimum atomic E-state index is -1.09. The third-order valence-corrected chi connectivity index (χ3v) is 4.91. The summed E-state index contributed by atoms with van der Waals surface area (Å²) >= 11 is 0. The van der Waals surface area contributed by atoms with Crippen LogP contribution in [0, 0.1) is 11.6 Å². The molecule has 2 N–H and O–H groups in total. The van der Waals surface area contributed by atoms with Crippen LogP contribution in [0.4, 0.5) is 20.2 Å². The number of anilines is 2. The maximum atomic E-state index is 13.7. The number of amides is 3. The molecule has 166 valence electrons. The number of pyridine rings is 1. The number of nitrogens with zero attached hydrogens (tertiary/aromatic N) is 2. The number of carbonyl (C=O) groups is 3. The van der Waals surface area contributed by atoms with E-state index >= 15 is 0 Å². The number of halogens is 2. The van der Waals surface area contributed by atoms with Gasteiger partial charge in [0.15, 0.2) is 11.6 Å². The minimum absolute atomic E-state index is 0.0120. The lowest BCUT2D eigenvalue weighted by molar-refractivity contribution is -0.137. The van der Waals surface area contributed by atoms with Crippen LogP contribution in [-0.2, 0) is 20.9 Å². The fourth-order valence-electron chi connectivity index (χ4n) is 3.42. The molecule has 33 heavy (non-hydrogen) atoms. The Labute approximate surface area is 187 Å². The standard InChI is InChI=1S/C24H18F2N4O3/c1-14(31)28-17-6-4-16(5-7-17)21-22(29-18-8-9-19(25)20(26)11-18)24(33)30(23(21)32)13-15-3-2-10-27-12-15/h2-12,29H,13H2,1H3,(H,28,31). The second-order valence-corrected chi connectivity index (χ2v) is 7.32. The zero-order valence-electron chi connectivity index (χ0n) is 17.4. The van der Waals surface area contributed by atoms with Gasteiger partial charge >= 0.3 is 0 Å². The highest BCUT2D eigenvalue weighted by atomic mass is 19.2. The Morgan fingerprint density at radius 3 is 2.33 bits per heavy atom. The van der Waals surface area contributed by atoms with Crippen molar-refractivity contribution in [2.45, 2.75) is 13.5 Å². The molecule has 2 aromatic carbocycles. The lowest BCUT2D eigenvalue weighted by Gasteiger charge is -2.15. The third-order valence-electron chi connectivity index (χ3n) is 4.91.